The highest BCUT2D eigenvalue weighted by molar-refractivity contribution is 4.80. The molecule has 1 rings (SSSR count). The molecule has 0 aromatic heterocycles. The van der Waals surface area contributed by atoms with Crippen molar-refractivity contribution in [1.82, 2.24) is 5.43 Å². The van der Waals surface area contributed by atoms with Gasteiger partial charge in [-0.3, -0.25) is 11.3 Å². The van der Waals surface area contributed by atoms with E-state index in [-0.39, 0.29) is 0 Å². The van der Waals surface area contributed by atoms with E-state index in [9.17, 15) is 13.2 Å². The molecule has 2 nitrogen and oxygen atoms in total. The first kappa shape index (κ1) is 9.80. The van der Waals surface area contributed by atoms with Crippen LogP contribution in [0.4, 0.5) is 13.2 Å². The van der Waals surface area contributed by atoms with Gasteiger partial charge in [-0.05, 0) is 12.3 Å². The molecule has 1 saturated carbocycles. The number of hydrogen-bond donors (Lipinski definition) is 2. The largest absolute Gasteiger partial charge is 0.390 e. The minimum absolute atomic E-state index is 0.466. The monoisotopic (exact) mass is 182 g/mol. The van der Waals surface area contributed by atoms with Crippen LogP contribution in [0.1, 0.15) is 25.7 Å². The molecule has 72 valence electrons. The quantitative estimate of drug-likeness (QED) is 0.511. The lowest BCUT2D eigenvalue weighted by atomic mass is 10.1. The van der Waals surface area contributed by atoms with Gasteiger partial charge in [0.15, 0.2) is 0 Å². The molecule has 0 spiro atoms. The minimum Gasteiger partial charge on any atom is -0.271 e. The molecule has 1 aliphatic carbocycles. The molecule has 0 aromatic rings. The van der Waals surface area contributed by atoms with Crippen LogP contribution >= 0.6 is 0 Å². The molecule has 0 radical (unpaired) electrons. The minimum atomic E-state index is -4.11. The van der Waals surface area contributed by atoms with E-state index in [1.165, 1.54) is 0 Å². The summed E-state index contributed by atoms with van der Waals surface area (Å²) in [4.78, 5) is 0. The van der Waals surface area contributed by atoms with Crippen LogP contribution in [0.3, 0.4) is 0 Å². The zero-order valence-corrected chi connectivity index (χ0v) is 6.69. The van der Waals surface area contributed by atoms with E-state index in [1.807, 2.05) is 0 Å². The third-order valence-electron chi connectivity index (χ3n) is 2.03. The van der Waals surface area contributed by atoms with Crippen molar-refractivity contribution in [2.45, 2.75) is 37.9 Å². The number of hydrazine groups is 1. The second kappa shape index (κ2) is 3.62. The molecule has 0 aliphatic heterocycles. The van der Waals surface area contributed by atoms with Gasteiger partial charge in [0.1, 0.15) is 0 Å². The second-order valence-electron chi connectivity index (χ2n) is 3.36. The molecule has 3 N–H and O–H groups in total. The van der Waals surface area contributed by atoms with Crippen LogP contribution in [0.2, 0.25) is 0 Å². The fourth-order valence-electron chi connectivity index (χ4n) is 1.25. The van der Waals surface area contributed by atoms with Crippen molar-refractivity contribution in [2.75, 3.05) is 0 Å². The summed E-state index contributed by atoms with van der Waals surface area (Å²) in [6, 6.07) is -0.600. The van der Waals surface area contributed by atoms with Gasteiger partial charge >= 0.3 is 6.18 Å². The Morgan fingerprint density at radius 1 is 1.42 bits per heavy atom. The van der Waals surface area contributed by atoms with Crippen molar-refractivity contribution in [1.29, 1.82) is 0 Å². The number of alkyl halides is 3. The Balaban J connectivity index is 2.23. The van der Waals surface area contributed by atoms with E-state index in [2.05, 4.69) is 5.43 Å². The standard InChI is InChI=1S/C7H13F3N2/c8-7(9,10)4-6(12-11)3-5-1-2-5/h5-6,12H,1-4,11H2. The summed E-state index contributed by atoms with van der Waals surface area (Å²) in [7, 11) is 0. The average Bonchev–Trinajstić information content (AvgIpc) is 2.67. The summed E-state index contributed by atoms with van der Waals surface area (Å²) in [5.41, 5.74) is 2.21. The highest BCUT2D eigenvalue weighted by Gasteiger charge is 2.34. The Morgan fingerprint density at radius 2 is 2.00 bits per heavy atom. The zero-order valence-electron chi connectivity index (χ0n) is 6.69. The van der Waals surface area contributed by atoms with Crippen LogP contribution < -0.4 is 11.3 Å². The Labute approximate surface area is 69.3 Å². The summed E-state index contributed by atoms with van der Waals surface area (Å²) in [5, 5.41) is 0. The van der Waals surface area contributed by atoms with Crippen molar-refractivity contribution in [3.05, 3.63) is 0 Å². The molecule has 12 heavy (non-hydrogen) atoms. The number of rotatable bonds is 4. The maximum absolute atomic E-state index is 11.9. The summed E-state index contributed by atoms with van der Waals surface area (Å²) in [6.07, 6.45) is -2.27. The normalized spacial score (nSPS) is 21.0. The van der Waals surface area contributed by atoms with Crippen LogP contribution in [0.25, 0.3) is 0 Å². The van der Waals surface area contributed by atoms with E-state index >= 15 is 0 Å². The van der Waals surface area contributed by atoms with Crippen molar-refractivity contribution >= 4 is 0 Å². The molecule has 1 aliphatic rings. The number of nitrogens with two attached hydrogens (primary N) is 1. The van der Waals surface area contributed by atoms with E-state index < -0.39 is 18.6 Å². The van der Waals surface area contributed by atoms with E-state index in [4.69, 9.17) is 5.84 Å². The van der Waals surface area contributed by atoms with Gasteiger partial charge in [0.2, 0.25) is 0 Å². The molecule has 1 atom stereocenters. The number of nitrogens with one attached hydrogen (secondary N) is 1. The van der Waals surface area contributed by atoms with Gasteiger partial charge in [-0.1, -0.05) is 12.8 Å². The summed E-state index contributed by atoms with van der Waals surface area (Å²) in [6.45, 7) is 0. The maximum atomic E-state index is 11.9. The zero-order chi connectivity index (χ0) is 9.19. The van der Waals surface area contributed by atoms with Gasteiger partial charge in [0.25, 0.3) is 0 Å². The molecule has 0 amide bonds. The highest BCUT2D eigenvalue weighted by Crippen LogP contribution is 2.35. The molecule has 0 saturated heterocycles. The Hall–Kier alpha value is -0.290. The van der Waals surface area contributed by atoms with Crippen molar-refractivity contribution in [2.24, 2.45) is 11.8 Å². The van der Waals surface area contributed by atoms with E-state index in [0.29, 0.717) is 12.3 Å². The first-order chi connectivity index (χ1) is 5.51. The second-order valence-corrected chi connectivity index (χ2v) is 3.36. The Bertz CT molecular complexity index is 142. The van der Waals surface area contributed by atoms with Crippen LogP contribution in [-0.4, -0.2) is 12.2 Å². The lowest BCUT2D eigenvalue weighted by Gasteiger charge is -2.16. The Kier molecular flexibility index (Phi) is 2.95. The van der Waals surface area contributed by atoms with Crippen LogP contribution in [0, 0.1) is 5.92 Å². The predicted molar refractivity (Wildman–Crippen MR) is 39.1 cm³/mol. The third-order valence-corrected chi connectivity index (χ3v) is 2.03. The SMILES string of the molecule is NNC(CC1CC1)CC(F)(F)F. The lowest BCUT2D eigenvalue weighted by molar-refractivity contribution is -0.140. The molecule has 5 heteroatoms. The van der Waals surface area contributed by atoms with Crippen LogP contribution in [-0.2, 0) is 0 Å². The third kappa shape index (κ3) is 3.92. The summed E-state index contributed by atoms with van der Waals surface area (Å²) < 4.78 is 35.6. The maximum Gasteiger partial charge on any atom is 0.390 e. The van der Waals surface area contributed by atoms with Crippen molar-refractivity contribution in [3.8, 4) is 0 Å². The van der Waals surface area contributed by atoms with Crippen LogP contribution in [0.5, 0.6) is 0 Å². The predicted octanol–water partition coefficient (Wildman–Crippen LogP) is 1.57. The summed E-state index contributed by atoms with van der Waals surface area (Å²) in [5.74, 6) is 5.47. The average molecular weight is 182 g/mol. The van der Waals surface area contributed by atoms with Crippen molar-refractivity contribution in [3.63, 3.8) is 0 Å². The first-order valence-corrected chi connectivity index (χ1v) is 4.04. The molecule has 0 bridgehead atoms. The van der Waals surface area contributed by atoms with Crippen LogP contribution in [0.15, 0.2) is 0 Å². The van der Waals surface area contributed by atoms with Crippen molar-refractivity contribution < 1.29 is 13.2 Å². The fraction of sp³-hybridized carbons (Fsp3) is 1.00. The molecule has 0 heterocycles. The molecule has 1 fully saturated rings. The topological polar surface area (TPSA) is 38.0 Å². The van der Waals surface area contributed by atoms with Gasteiger partial charge in [0.05, 0.1) is 6.42 Å². The van der Waals surface area contributed by atoms with E-state index in [1.54, 1.807) is 0 Å². The highest BCUT2D eigenvalue weighted by atomic mass is 19.4. The number of halogens is 3. The van der Waals surface area contributed by atoms with Gasteiger partial charge in [-0.2, -0.15) is 13.2 Å². The smallest absolute Gasteiger partial charge is 0.271 e. The molecular formula is C7H13F3N2. The van der Waals surface area contributed by atoms with Gasteiger partial charge < -0.3 is 0 Å². The molecule has 1 unspecified atom stereocenters. The lowest BCUT2D eigenvalue weighted by Crippen LogP contribution is -2.38. The van der Waals surface area contributed by atoms with E-state index in [0.717, 1.165) is 12.8 Å². The molecular weight excluding hydrogens is 169 g/mol. The fourth-order valence-corrected chi connectivity index (χ4v) is 1.25. The Morgan fingerprint density at radius 3 is 2.33 bits per heavy atom. The van der Waals surface area contributed by atoms with Gasteiger partial charge in [-0.15, -0.1) is 0 Å². The van der Waals surface area contributed by atoms with Gasteiger partial charge in [-0.25, -0.2) is 0 Å². The number of hydrogen-bond acceptors (Lipinski definition) is 2. The molecule has 0 aromatic carbocycles. The first-order valence-electron chi connectivity index (χ1n) is 4.04. The summed E-state index contributed by atoms with van der Waals surface area (Å²) >= 11 is 0. The van der Waals surface area contributed by atoms with Gasteiger partial charge in [0, 0.05) is 6.04 Å².